The first-order valence-corrected chi connectivity index (χ1v) is 21.7. The minimum Gasteiger partial charge on any atom is -0.386 e. The van der Waals surface area contributed by atoms with Crippen LogP contribution in [0.4, 0.5) is 5.69 Å². The zero-order valence-corrected chi connectivity index (χ0v) is 34.9. The summed E-state index contributed by atoms with van der Waals surface area (Å²) in [7, 11) is 3.97. The molecule has 2 amide bonds. The minimum absolute atomic E-state index is 0.0432. The fourth-order valence-corrected chi connectivity index (χ4v) is 8.96. The molecule has 0 aliphatic carbocycles. The first-order chi connectivity index (χ1) is 27.5. The van der Waals surface area contributed by atoms with Gasteiger partial charge in [-0.3, -0.25) is 24.2 Å². The average Bonchev–Trinajstić information content (AvgIpc) is 3.77. The largest absolute Gasteiger partial charge is 0.386 e. The Morgan fingerprint density at radius 1 is 0.947 bits per heavy atom. The Morgan fingerprint density at radius 2 is 1.70 bits per heavy atom. The number of rotatable bonds is 23. The van der Waals surface area contributed by atoms with Crippen LogP contribution in [-0.4, -0.2) is 91.4 Å². The Balaban J connectivity index is 1.02. The summed E-state index contributed by atoms with van der Waals surface area (Å²) in [6.45, 7) is 4.88. The van der Waals surface area contributed by atoms with Crippen LogP contribution in [0.25, 0.3) is 10.8 Å². The van der Waals surface area contributed by atoms with Gasteiger partial charge < -0.3 is 31.9 Å². The highest BCUT2D eigenvalue weighted by molar-refractivity contribution is 8.00. The Bertz CT molecular complexity index is 1900. The summed E-state index contributed by atoms with van der Waals surface area (Å²) in [4.78, 5) is 58.2. The van der Waals surface area contributed by atoms with Gasteiger partial charge in [-0.1, -0.05) is 49.4 Å². The second kappa shape index (κ2) is 21.8. The van der Waals surface area contributed by atoms with E-state index < -0.39 is 6.04 Å². The maximum Gasteiger partial charge on any atom is 0.251 e. The number of carbonyl (C=O) groups excluding carboxylic acids is 4. The van der Waals surface area contributed by atoms with Gasteiger partial charge in [0.15, 0.2) is 5.78 Å². The summed E-state index contributed by atoms with van der Waals surface area (Å²) >= 11 is 7.75. The van der Waals surface area contributed by atoms with Crippen LogP contribution in [0.3, 0.4) is 0 Å². The Kier molecular flexibility index (Phi) is 16.7. The molecule has 2 aliphatic rings. The number of nitrogens with two attached hydrogens (primary N) is 1. The number of thioether (sulfide) groups is 1. The fraction of sp³-hybridized carbons (Fsp3) is 0.477. The zero-order valence-electron chi connectivity index (χ0n) is 33.3. The SMILES string of the molecule is C=C1NC2CSC(CCCCC(=O)NCCCC(=O)Cc3ccc(CCC(=O)[C@H](CCCN=C(N)CCl)NC(=O)c4ccc5cc(N(C)C)ccc5c4)cc3)C2N1. The number of Topliss-reactive ketones (excluding diaryl/α,β-unsaturated/α-hetero) is 2. The molecular weight excluding hydrogens is 758 g/mol. The van der Waals surface area contributed by atoms with Gasteiger partial charge in [0.1, 0.15) is 11.6 Å². The Hall–Kier alpha value is -4.55. The van der Waals surface area contributed by atoms with Crippen LogP contribution in [0.5, 0.6) is 0 Å². The minimum atomic E-state index is -0.684. The molecule has 2 aliphatic heterocycles. The van der Waals surface area contributed by atoms with Crippen molar-refractivity contribution in [3.8, 4) is 0 Å². The van der Waals surface area contributed by atoms with E-state index in [-0.39, 0.29) is 35.7 Å². The van der Waals surface area contributed by atoms with Crippen molar-refractivity contribution in [2.45, 2.75) is 94.0 Å². The molecule has 4 atom stereocenters. The molecule has 3 aromatic rings. The zero-order chi connectivity index (χ0) is 40.7. The number of ketones is 2. The number of benzene rings is 3. The van der Waals surface area contributed by atoms with Crippen molar-refractivity contribution in [3.05, 3.63) is 89.8 Å². The topological polar surface area (TPSA) is 158 Å². The number of alkyl halides is 1. The quantitative estimate of drug-likeness (QED) is 0.0352. The highest BCUT2D eigenvalue weighted by Gasteiger charge is 2.40. The van der Waals surface area contributed by atoms with Crippen LogP contribution in [0.2, 0.25) is 0 Å². The number of hydrogen-bond donors (Lipinski definition) is 5. The highest BCUT2D eigenvalue weighted by Crippen LogP contribution is 2.34. The van der Waals surface area contributed by atoms with Crippen molar-refractivity contribution in [2.24, 2.45) is 10.7 Å². The van der Waals surface area contributed by atoms with Gasteiger partial charge in [0.2, 0.25) is 5.91 Å². The third kappa shape index (κ3) is 13.5. The summed E-state index contributed by atoms with van der Waals surface area (Å²) in [6.07, 6.45) is 6.54. The monoisotopic (exact) mass is 815 g/mol. The van der Waals surface area contributed by atoms with Crippen molar-refractivity contribution >= 4 is 69.0 Å². The number of halogens is 1. The number of amides is 2. The van der Waals surface area contributed by atoms with Crippen molar-refractivity contribution in [1.29, 1.82) is 0 Å². The number of fused-ring (bicyclic) bond motifs is 2. The number of anilines is 1. The van der Waals surface area contributed by atoms with Crippen molar-refractivity contribution in [3.63, 3.8) is 0 Å². The van der Waals surface area contributed by atoms with Crippen LogP contribution < -0.4 is 31.9 Å². The molecule has 0 saturated carbocycles. The van der Waals surface area contributed by atoms with E-state index in [1.807, 2.05) is 79.3 Å². The number of aliphatic imine (C=N–C) groups is 1. The van der Waals surface area contributed by atoms with E-state index in [2.05, 4.69) is 38.9 Å². The van der Waals surface area contributed by atoms with Gasteiger partial charge in [-0.05, 0) is 84.7 Å². The van der Waals surface area contributed by atoms with Crippen molar-refractivity contribution in [1.82, 2.24) is 21.3 Å². The molecule has 57 heavy (non-hydrogen) atoms. The molecule has 306 valence electrons. The van der Waals surface area contributed by atoms with E-state index in [9.17, 15) is 19.2 Å². The second-order valence-corrected chi connectivity index (χ2v) is 16.8. The van der Waals surface area contributed by atoms with E-state index in [1.165, 1.54) is 0 Å². The number of unbranched alkanes of at least 4 members (excludes halogenated alkanes) is 1. The first kappa shape index (κ1) is 43.6. The van der Waals surface area contributed by atoms with E-state index in [4.69, 9.17) is 17.3 Å². The molecule has 2 fully saturated rings. The Morgan fingerprint density at radius 3 is 2.47 bits per heavy atom. The average molecular weight is 817 g/mol. The fourth-order valence-electron chi connectivity index (χ4n) is 7.33. The number of amidine groups is 1. The molecule has 11 nitrogen and oxygen atoms in total. The van der Waals surface area contributed by atoms with E-state index in [0.29, 0.717) is 86.8 Å². The van der Waals surface area contributed by atoms with Crippen LogP contribution >= 0.6 is 23.4 Å². The number of aryl methyl sites for hydroxylation is 1. The predicted octanol–water partition coefficient (Wildman–Crippen LogP) is 5.67. The molecule has 0 spiro atoms. The summed E-state index contributed by atoms with van der Waals surface area (Å²) in [5.74, 6) is 2.29. The van der Waals surface area contributed by atoms with Crippen LogP contribution in [-0.2, 0) is 27.2 Å². The molecule has 3 unspecified atom stereocenters. The summed E-state index contributed by atoms with van der Waals surface area (Å²) in [6, 6.07) is 19.6. The summed E-state index contributed by atoms with van der Waals surface area (Å²) < 4.78 is 0. The lowest BCUT2D eigenvalue weighted by Gasteiger charge is -2.18. The lowest BCUT2D eigenvalue weighted by molar-refractivity contribution is -0.122. The van der Waals surface area contributed by atoms with Crippen LogP contribution in [0.15, 0.2) is 78.1 Å². The molecule has 2 heterocycles. The lowest BCUT2D eigenvalue weighted by atomic mass is 9.98. The van der Waals surface area contributed by atoms with Gasteiger partial charge in [-0.2, -0.15) is 11.8 Å². The molecular formula is C44H58ClN7O4S. The van der Waals surface area contributed by atoms with Crippen molar-refractivity contribution in [2.75, 3.05) is 43.7 Å². The van der Waals surface area contributed by atoms with E-state index in [1.54, 1.807) is 6.07 Å². The number of nitrogens with zero attached hydrogens (tertiary/aromatic N) is 2. The highest BCUT2D eigenvalue weighted by atomic mass is 35.5. The van der Waals surface area contributed by atoms with Gasteiger partial charge in [0.05, 0.1) is 29.8 Å². The molecule has 5 rings (SSSR count). The molecule has 0 radical (unpaired) electrons. The number of carbonyl (C=O) groups is 4. The summed E-state index contributed by atoms with van der Waals surface area (Å²) in [5, 5.41) is 15.3. The van der Waals surface area contributed by atoms with Gasteiger partial charge in [-0.25, -0.2) is 0 Å². The third-order valence-electron chi connectivity index (χ3n) is 10.6. The number of hydrogen-bond acceptors (Lipinski definition) is 9. The maximum absolute atomic E-state index is 13.5. The van der Waals surface area contributed by atoms with E-state index >= 15 is 0 Å². The van der Waals surface area contributed by atoms with Gasteiger partial charge in [-0.15, -0.1) is 11.6 Å². The molecule has 3 aromatic carbocycles. The summed E-state index contributed by atoms with van der Waals surface area (Å²) in [5.41, 5.74) is 9.19. The smallest absolute Gasteiger partial charge is 0.251 e. The maximum atomic E-state index is 13.5. The molecule has 0 aromatic heterocycles. The normalized spacial score (nSPS) is 18.1. The van der Waals surface area contributed by atoms with Gasteiger partial charge in [0.25, 0.3) is 5.91 Å². The first-order valence-electron chi connectivity index (χ1n) is 20.1. The van der Waals surface area contributed by atoms with Crippen LogP contribution in [0.1, 0.15) is 79.3 Å². The number of nitrogens with one attached hydrogen (secondary N) is 4. The molecule has 0 bridgehead atoms. The molecule has 13 heteroatoms. The van der Waals surface area contributed by atoms with E-state index in [0.717, 1.165) is 58.4 Å². The van der Waals surface area contributed by atoms with Crippen LogP contribution in [0, 0.1) is 0 Å². The molecule has 2 saturated heterocycles. The van der Waals surface area contributed by atoms with Gasteiger partial charge in [0, 0.05) is 75.1 Å². The lowest BCUT2D eigenvalue weighted by Crippen LogP contribution is -2.41. The molecule has 6 N–H and O–H groups in total. The third-order valence-corrected chi connectivity index (χ3v) is 12.4. The van der Waals surface area contributed by atoms with Crippen molar-refractivity contribution < 1.29 is 19.2 Å². The standard InChI is InChI=1S/C44H58ClN7O4S/c1-29-49-38-28-57-40(43(38)50-29)10-4-5-11-42(55)48-23-6-8-36(53)24-31-14-12-30(13-15-31)16-21-39(54)37(9-7-22-47-41(46)27-45)51-44(56)34-18-17-33-26-35(52(2)3)20-19-32(33)25-34/h12-15,17-20,25-26,37-38,40,43,49-50H,1,4-11,16,21-24,27-28H2,2-3H3,(H2,46,47)(H,48,55)(H,51,56)/t37-,38?,40?,43?/m0/s1. The van der Waals surface area contributed by atoms with Gasteiger partial charge >= 0.3 is 0 Å². The Labute approximate surface area is 346 Å². The second-order valence-electron chi connectivity index (χ2n) is 15.3. The predicted molar refractivity (Wildman–Crippen MR) is 234 cm³/mol.